The number of aliphatic carboxylic acids is 1. The van der Waals surface area contributed by atoms with Gasteiger partial charge in [-0.25, -0.2) is 9.59 Å². The number of halogens is 1. The molecule has 1 aromatic rings. The zero-order valence-electron chi connectivity index (χ0n) is 9.79. The first-order valence-electron chi connectivity index (χ1n) is 5.52. The van der Waals surface area contributed by atoms with Gasteiger partial charge in [0.05, 0.1) is 0 Å². The summed E-state index contributed by atoms with van der Waals surface area (Å²) in [5, 5.41) is 14.1. The predicted molar refractivity (Wildman–Crippen MR) is 75.7 cm³/mol. The average molecular weight is 360 g/mol. The number of anilines is 1. The lowest BCUT2D eigenvalue weighted by Gasteiger charge is -2.13. The summed E-state index contributed by atoms with van der Waals surface area (Å²) in [5.41, 5.74) is 0.733. The van der Waals surface area contributed by atoms with Crippen molar-refractivity contribution in [2.24, 2.45) is 0 Å². The summed E-state index contributed by atoms with van der Waals surface area (Å²) < 4.78 is 1.05. The van der Waals surface area contributed by atoms with E-state index in [1.54, 1.807) is 6.07 Å². The molecular weight excluding hydrogens is 347 g/mol. The first-order valence-corrected chi connectivity index (χ1v) is 6.59. The first kappa shape index (κ1) is 13.1. The van der Waals surface area contributed by atoms with Crippen LogP contribution in [0.2, 0.25) is 0 Å². The molecule has 1 aliphatic rings. The van der Waals surface area contributed by atoms with Gasteiger partial charge in [-0.05, 0) is 60.1 Å². The van der Waals surface area contributed by atoms with Crippen LogP contribution >= 0.6 is 22.6 Å². The number of hydrogen-bond acceptors (Lipinski definition) is 2. The van der Waals surface area contributed by atoms with Crippen LogP contribution in [-0.2, 0) is 4.79 Å². The Morgan fingerprint density at radius 3 is 2.56 bits per heavy atom. The van der Waals surface area contributed by atoms with E-state index in [-0.39, 0.29) is 0 Å². The lowest BCUT2D eigenvalue weighted by Crippen LogP contribution is -2.45. The van der Waals surface area contributed by atoms with Gasteiger partial charge in [0.15, 0.2) is 0 Å². The van der Waals surface area contributed by atoms with E-state index in [0.717, 1.165) is 9.13 Å². The SMILES string of the molecule is Cc1ccc(NC(=O)NC2(C(=O)O)CC2)cc1I. The van der Waals surface area contributed by atoms with Gasteiger partial charge in [0.25, 0.3) is 0 Å². The third-order valence-corrected chi connectivity index (χ3v) is 4.10. The molecule has 0 aliphatic heterocycles. The van der Waals surface area contributed by atoms with Gasteiger partial charge in [0.1, 0.15) is 5.54 Å². The van der Waals surface area contributed by atoms with E-state index in [1.165, 1.54) is 0 Å². The fourth-order valence-corrected chi connectivity index (χ4v) is 2.08. The lowest BCUT2D eigenvalue weighted by atomic mass is 10.2. The van der Waals surface area contributed by atoms with Crippen molar-refractivity contribution in [2.45, 2.75) is 25.3 Å². The zero-order chi connectivity index (χ0) is 13.3. The first-order chi connectivity index (χ1) is 8.43. The smallest absolute Gasteiger partial charge is 0.329 e. The van der Waals surface area contributed by atoms with Gasteiger partial charge in [-0.3, -0.25) is 0 Å². The largest absolute Gasteiger partial charge is 0.480 e. The number of carboxylic acid groups (broad SMARTS) is 1. The van der Waals surface area contributed by atoms with E-state index in [2.05, 4.69) is 33.2 Å². The minimum atomic E-state index is -1.05. The topological polar surface area (TPSA) is 78.4 Å². The van der Waals surface area contributed by atoms with Crippen LogP contribution in [0.15, 0.2) is 18.2 Å². The van der Waals surface area contributed by atoms with E-state index >= 15 is 0 Å². The minimum Gasteiger partial charge on any atom is -0.480 e. The van der Waals surface area contributed by atoms with Crippen LogP contribution in [0.1, 0.15) is 18.4 Å². The lowest BCUT2D eigenvalue weighted by molar-refractivity contribution is -0.140. The highest BCUT2D eigenvalue weighted by Crippen LogP contribution is 2.35. The van der Waals surface area contributed by atoms with Crippen LogP contribution in [0.25, 0.3) is 0 Å². The molecule has 0 bridgehead atoms. The Labute approximate surface area is 118 Å². The van der Waals surface area contributed by atoms with Crippen molar-refractivity contribution >= 4 is 40.3 Å². The molecule has 1 saturated carbocycles. The molecule has 5 nitrogen and oxygen atoms in total. The van der Waals surface area contributed by atoms with Gasteiger partial charge < -0.3 is 15.7 Å². The van der Waals surface area contributed by atoms with E-state index < -0.39 is 17.5 Å². The van der Waals surface area contributed by atoms with E-state index in [4.69, 9.17) is 5.11 Å². The highest BCUT2D eigenvalue weighted by Gasteiger charge is 2.51. The number of aryl methyl sites for hydroxylation is 1. The number of rotatable bonds is 3. The molecule has 0 aromatic heterocycles. The van der Waals surface area contributed by atoms with Crippen LogP contribution in [0, 0.1) is 10.5 Å². The molecule has 1 aromatic carbocycles. The number of hydrogen-bond donors (Lipinski definition) is 3. The molecule has 0 radical (unpaired) electrons. The van der Waals surface area contributed by atoms with Gasteiger partial charge >= 0.3 is 12.0 Å². The summed E-state index contributed by atoms with van der Waals surface area (Å²) in [6.07, 6.45) is 0.975. The highest BCUT2D eigenvalue weighted by molar-refractivity contribution is 14.1. The summed E-state index contributed by atoms with van der Waals surface area (Å²) in [7, 11) is 0. The third kappa shape index (κ3) is 2.74. The van der Waals surface area contributed by atoms with Crippen LogP contribution < -0.4 is 10.6 Å². The van der Waals surface area contributed by atoms with Gasteiger partial charge in [-0.15, -0.1) is 0 Å². The number of carbonyl (C=O) groups excluding carboxylic acids is 1. The molecule has 3 N–H and O–H groups in total. The summed E-state index contributed by atoms with van der Waals surface area (Å²) >= 11 is 2.18. The molecule has 0 spiro atoms. The molecular formula is C12H13IN2O3. The van der Waals surface area contributed by atoms with Crippen LogP contribution in [0.3, 0.4) is 0 Å². The van der Waals surface area contributed by atoms with Gasteiger partial charge in [-0.2, -0.15) is 0 Å². The Morgan fingerprint density at radius 2 is 2.06 bits per heavy atom. The van der Waals surface area contributed by atoms with E-state index in [1.807, 2.05) is 19.1 Å². The Bertz CT molecular complexity index is 512. The predicted octanol–water partition coefficient (Wildman–Crippen LogP) is 2.34. The molecule has 1 aliphatic carbocycles. The maximum Gasteiger partial charge on any atom is 0.329 e. The van der Waals surface area contributed by atoms with Crippen molar-refractivity contribution in [3.8, 4) is 0 Å². The number of urea groups is 1. The zero-order valence-corrected chi connectivity index (χ0v) is 11.9. The van der Waals surface area contributed by atoms with Crippen molar-refractivity contribution in [1.29, 1.82) is 0 Å². The summed E-state index contributed by atoms with van der Waals surface area (Å²) in [4.78, 5) is 22.6. The molecule has 18 heavy (non-hydrogen) atoms. The molecule has 0 heterocycles. The van der Waals surface area contributed by atoms with Crippen molar-refractivity contribution in [2.75, 3.05) is 5.32 Å². The quantitative estimate of drug-likeness (QED) is 0.724. The fourth-order valence-electron chi connectivity index (χ4n) is 1.57. The van der Waals surface area contributed by atoms with Gasteiger partial charge in [0.2, 0.25) is 0 Å². The molecule has 0 unspecified atom stereocenters. The normalized spacial score (nSPS) is 15.9. The molecule has 96 valence electrons. The van der Waals surface area contributed by atoms with Gasteiger partial charge in [-0.1, -0.05) is 6.07 Å². The second-order valence-corrected chi connectivity index (χ2v) is 5.59. The Kier molecular flexibility index (Phi) is 3.47. The second-order valence-electron chi connectivity index (χ2n) is 4.43. The Hall–Kier alpha value is -1.31. The molecule has 0 atom stereocenters. The van der Waals surface area contributed by atoms with E-state index in [0.29, 0.717) is 18.5 Å². The maximum atomic E-state index is 11.7. The van der Waals surface area contributed by atoms with Gasteiger partial charge in [0, 0.05) is 9.26 Å². The van der Waals surface area contributed by atoms with Crippen molar-refractivity contribution < 1.29 is 14.7 Å². The Morgan fingerprint density at radius 1 is 1.39 bits per heavy atom. The molecule has 6 heteroatoms. The van der Waals surface area contributed by atoms with E-state index in [9.17, 15) is 9.59 Å². The van der Waals surface area contributed by atoms with Crippen LogP contribution in [0.4, 0.5) is 10.5 Å². The summed E-state index contributed by atoms with van der Waals surface area (Å²) in [5.74, 6) is -0.976. The highest BCUT2D eigenvalue weighted by atomic mass is 127. The number of carboxylic acids is 1. The summed E-state index contributed by atoms with van der Waals surface area (Å²) in [6, 6.07) is 5.06. The van der Waals surface area contributed by atoms with Crippen LogP contribution in [-0.4, -0.2) is 22.6 Å². The van der Waals surface area contributed by atoms with Crippen molar-refractivity contribution in [3.63, 3.8) is 0 Å². The second kappa shape index (κ2) is 4.75. The van der Waals surface area contributed by atoms with Crippen molar-refractivity contribution in [1.82, 2.24) is 5.32 Å². The average Bonchev–Trinajstić information content (AvgIpc) is 3.04. The molecule has 2 amide bonds. The fraction of sp³-hybridized carbons (Fsp3) is 0.333. The standard InChI is InChI=1S/C12H13IN2O3/c1-7-2-3-8(6-9(7)13)14-11(18)15-12(4-5-12)10(16)17/h2-3,6H,4-5H2,1H3,(H,16,17)(H2,14,15,18). The number of benzene rings is 1. The summed E-state index contributed by atoms with van der Waals surface area (Å²) in [6.45, 7) is 1.98. The van der Waals surface area contributed by atoms with Crippen LogP contribution in [0.5, 0.6) is 0 Å². The monoisotopic (exact) mass is 360 g/mol. The maximum absolute atomic E-state index is 11.7. The number of nitrogens with one attached hydrogen (secondary N) is 2. The number of amides is 2. The number of carbonyl (C=O) groups is 2. The molecule has 2 rings (SSSR count). The third-order valence-electron chi connectivity index (χ3n) is 2.94. The molecule has 1 fully saturated rings. The molecule has 0 saturated heterocycles. The Balaban J connectivity index is 1.99. The minimum absolute atomic E-state index is 0.477. The van der Waals surface area contributed by atoms with Crippen molar-refractivity contribution in [3.05, 3.63) is 27.3 Å².